The lowest BCUT2D eigenvalue weighted by Crippen LogP contribution is -2.12. The highest BCUT2D eigenvalue weighted by Crippen LogP contribution is 2.36. The Balaban J connectivity index is 3.27. The zero-order valence-corrected chi connectivity index (χ0v) is 9.53. The van der Waals surface area contributed by atoms with Crippen LogP contribution in [0.5, 0.6) is 11.5 Å². The molecule has 0 fully saturated rings. The lowest BCUT2D eigenvalue weighted by atomic mass is 9.97. The number of ether oxygens (including phenoxy) is 1. The van der Waals surface area contributed by atoms with E-state index in [1.54, 1.807) is 12.1 Å². The monoisotopic (exact) mass is 220 g/mol. The predicted molar refractivity (Wildman–Crippen MR) is 61.2 cm³/mol. The molecular formula is C12H16N2O2. The molecule has 0 saturated heterocycles. The van der Waals surface area contributed by atoms with E-state index in [4.69, 9.17) is 15.7 Å². The lowest BCUT2D eigenvalue weighted by Gasteiger charge is -2.16. The van der Waals surface area contributed by atoms with Crippen LogP contribution in [0.15, 0.2) is 12.1 Å². The maximum Gasteiger partial charge on any atom is 0.163 e. The lowest BCUT2D eigenvalue weighted by molar-refractivity contribution is 0.367. The third-order valence-electron chi connectivity index (χ3n) is 2.49. The summed E-state index contributed by atoms with van der Waals surface area (Å²) in [5.41, 5.74) is 6.82. The van der Waals surface area contributed by atoms with Crippen molar-refractivity contribution in [1.82, 2.24) is 0 Å². The molecular weight excluding hydrogens is 204 g/mol. The van der Waals surface area contributed by atoms with E-state index in [1.165, 1.54) is 7.11 Å². The van der Waals surface area contributed by atoms with Crippen molar-refractivity contribution in [2.24, 2.45) is 5.73 Å². The summed E-state index contributed by atoms with van der Waals surface area (Å²) < 4.78 is 5.00. The summed E-state index contributed by atoms with van der Waals surface area (Å²) in [5, 5.41) is 18.9. The Bertz CT molecular complexity index is 410. The van der Waals surface area contributed by atoms with Crippen molar-refractivity contribution in [2.75, 3.05) is 7.11 Å². The minimum atomic E-state index is -0.338. The molecule has 0 unspecified atom stereocenters. The Morgan fingerprint density at radius 2 is 2.25 bits per heavy atom. The Labute approximate surface area is 95.3 Å². The Morgan fingerprint density at radius 1 is 1.56 bits per heavy atom. The van der Waals surface area contributed by atoms with Gasteiger partial charge in [0.15, 0.2) is 11.5 Å². The fourth-order valence-electron chi connectivity index (χ4n) is 1.68. The number of hydrogen-bond acceptors (Lipinski definition) is 4. The highest BCUT2D eigenvalue weighted by molar-refractivity contribution is 5.55. The molecule has 1 rings (SSSR count). The third-order valence-corrected chi connectivity index (χ3v) is 2.49. The van der Waals surface area contributed by atoms with E-state index < -0.39 is 0 Å². The van der Waals surface area contributed by atoms with Crippen LogP contribution in [-0.4, -0.2) is 12.2 Å². The van der Waals surface area contributed by atoms with Crippen LogP contribution in [0.3, 0.4) is 0 Å². The topological polar surface area (TPSA) is 79.3 Å². The van der Waals surface area contributed by atoms with Crippen LogP contribution in [0.25, 0.3) is 0 Å². The number of aromatic hydroxyl groups is 1. The normalized spacial score (nSPS) is 11.9. The number of methoxy groups -OCH3 is 1. The number of phenols is 1. The Kier molecular flexibility index (Phi) is 4.15. The minimum absolute atomic E-state index is 0.0255. The molecule has 4 heteroatoms. The fraction of sp³-hybridized carbons (Fsp3) is 0.417. The van der Waals surface area contributed by atoms with Gasteiger partial charge in [-0.05, 0) is 18.6 Å². The van der Waals surface area contributed by atoms with Gasteiger partial charge in [-0.2, -0.15) is 5.26 Å². The maximum atomic E-state index is 9.94. The van der Waals surface area contributed by atoms with E-state index in [2.05, 4.69) is 0 Å². The predicted octanol–water partition coefficient (Wildman–Crippen LogP) is 2.07. The first kappa shape index (κ1) is 12.3. The van der Waals surface area contributed by atoms with Crippen LogP contribution in [0.4, 0.5) is 0 Å². The molecule has 3 N–H and O–H groups in total. The van der Waals surface area contributed by atoms with Crippen LogP contribution in [-0.2, 0) is 0 Å². The molecule has 1 aromatic rings. The summed E-state index contributed by atoms with van der Waals surface area (Å²) in [6, 6.07) is 4.87. The molecule has 0 aliphatic heterocycles. The Morgan fingerprint density at radius 3 is 2.75 bits per heavy atom. The SMILES string of the molecule is CCC[C@@H](N)c1c(C#N)ccc(OC)c1O. The standard InChI is InChI=1S/C12H16N2O2/c1-3-4-9(14)11-8(7-13)5-6-10(16-2)12(11)15/h5-6,9,15H,3-4,14H2,1-2H3/t9-/m1/s1. The highest BCUT2D eigenvalue weighted by atomic mass is 16.5. The molecule has 0 saturated carbocycles. The van der Waals surface area contributed by atoms with Crippen LogP contribution in [0, 0.1) is 11.3 Å². The van der Waals surface area contributed by atoms with Gasteiger partial charge >= 0.3 is 0 Å². The number of nitriles is 1. The van der Waals surface area contributed by atoms with Gasteiger partial charge in [0.1, 0.15) is 0 Å². The molecule has 0 amide bonds. The molecule has 0 heterocycles. The smallest absolute Gasteiger partial charge is 0.163 e. The summed E-state index contributed by atoms with van der Waals surface area (Å²) in [7, 11) is 1.47. The van der Waals surface area contributed by atoms with Gasteiger partial charge in [0.05, 0.1) is 18.7 Å². The van der Waals surface area contributed by atoms with Crippen molar-refractivity contribution in [3.8, 4) is 17.6 Å². The highest BCUT2D eigenvalue weighted by Gasteiger charge is 2.18. The number of hydrogen-bond donors (Lipinski definition) is 2. The largest absolute Gasteiger partial charge is 0.504 e. The van der Waals surface area contributed by atoms with Crippen LogP contribution in [0.1, 0.15) is 36.9 Å². The Hall–Kier alpha value is -1.73. The number of rotatable bonds is 4. The summed E-state index contributed by atoms with van der Waals surface area (Å²) in [6.45, 7) is 2.00. The summed E-state index contributed by atoms with van der Waals surface area (Å²) >= 11 is 0. The second-order valence-electron chi connectivity index (χ2n) is 3.58. The summed E-state index contributed by atoms with van der Waals surface area (Å²) in [6.07, 6.45) is 1.61. The van der Waals surface area contributed by atoms with Gasteiger partial charge < -0.3 is 15.6 Å². The second kappa shape index (κ2) is 5.38. The van der Waals surface area contributed by atoms with Crippen molar-refractivity contribution < 1.29 is 9.84 Å². The first-order valence-corrected chi connectivity index (χ1v) is 5.21. The van der Waals surface area contributed by atoms with Gasteiger partial charge in [0.25, 0.3) is 0 Å². The second-order valence-corrected chi connectivity index (χ2v) is 3.58. The molecule has 0 aromatic heterocycles. The van der Waals surface area contributed by atoms with Crippen LogP contribution >= 0.6 is 0 Å². The zero-order valence-electron chi connectivity index (χ0n) is 9.53. The van der Waals surface area contributed by atoms with Gasteiger partial charge in [-0.3, -0.25) is 0 Å². The molecule has 16 heavy (non-hydrogen) atoms. The molecule has 0 spiro atoms. The average molecular weight is 220 g/mol. The fourth-order valence-corrected chi connectivity index (χ4v) is 1.68. The minimum Gasteiger partial charge on any atom is -0.504 e. The van der Waals surface area contributed by atoms with Gasteiger partial charge in [-0.1, -0.05) is 13.3 Å². The van der Waals surface area contributed by atoms with Gasteiger partial charge in [-0.25, -0.2) is 0 Å². The van der Waals surface area contributed by atoms with E-state index in [1.807, 2.05) is 13.0 Å². The van der Waals surface area contributed by atoms with Crippen molar-refractivity contribution >= 4 is 0 Å². The van der Waals surface area contributed by atoms with Gasteiger partial charge in [0.2, 0.25) is 0 Å². The van der Waals surface area contributed by atoms with Crippen LogP contribution < -0.4 is 10.5 Å². The van der Waals surface area contributed by atoms with Crippen molar-refractivity contribution in [1.29, 1.82) is 5.26 Å². The van der Waals surface area contributed by atoms with E-state index in [0.29, 0.717) is 16.9 Å². The number of phenolic OH excluding ortho intramolecular Hbond substituents is 1. The molecule has 1 atom stereocenters. The third kappa shape index (κ3) is 2.26. The molecule has 0 bridgehead atoms. The molecule has 0 radical (unpaired) electrons. The molecule has 1 aromatic carbocycles. The quantitative estimate of drug-likeness (QED) is 0.814. The van der Waals surface area contributed by atoms with E-state index >= 15 is 0 Å². The number of nitrogens with zero attached hydrogens (tertiary/aromatic N) is 1. The number of nitrogens with two attached hydrogens (primary N) is 1. The zero-order chi connectivity index (χ0) is 12.1. The number of benzene rings is 1. The first-order valence-electron chi connectivity index (χ1n) is 5.21. The van der Waals surface area contributed by atoms with Crippen molar-refractivity contribution in [2.45, 2.75) is 25.8 Å². The first-order chi connectivity index (χ1) is 7.65. The molecule has 0 aliphatic carbocycles. The molecule has 0 aliphatic rings. The van der Waals surface area contributed by atoms with Crippen LogP contribution in [0.2, 0.25) is 0 Å². The van der Waals surface area contributed by atoms with E-state index in [-0.39, 0.29) is 11.8 Å². The molecule has 86 valence electrons. The summed E-state index contributed by atoms with van der Waals surface area (Å²) in [4.78, 5) is 0. The van der Waals surface area contributed by atoms with E-state index in [9.17, 15) is 5.11 Å². The van der Waals surface area contributed by atoms with Crippen molar-refractivity contribution in [3.05, 3.63) is 23.3 Å². The van der Waals surface area contributed by atoms with Crippen molar-refractivity contribution in [3.63, 3.8) is 0 Å². The van der Waals surface area contributed by atoms with Gasteiger partial charge in [-0.15, -0.1) is 0 Å². The maximum absolute atomic E-state index is 9.94. The molecule has 4 nitrogen and oxygen atoms in total. The van der Waals surface area contributed by atoms with E-state index in [0.717, 1.165) is 12.8 Å². The van der Waals surface area contributed by atoms with Gasteiger partial charge in [0, 0.05) is 11.6 Å². The summed E-state index contributed by atoms with van der Waals surface area (Å²) in [5.74, 6) is 0.322. The average Bonchev–Trinajstić information content (AvgIpc) is 2.28.